The second kappa shape index (κ2) is 10.5. The van der Waals surface area contributed by atoms with E-state index in [9.17, 15) is 15.3 Å². The molecule has 1 aromatic rings. The maximum atomic E-state index is 11.1. The summed E-state index contributed by atoms with van der Waals surface area (Å²) in [6.45, 7) is 20.1. The maximum absolute atomic E-state index is 11.1. The highest BCUT2D eigenvalue weighted by molar-refractivity contribution is 5.28. The van der Waals surface area contributed by atoms with Crippen LogP contribution < -0.4 is 5.32 Å². The van der Waals surface area contributed by atoms with Crippen LogP contribution in [0.1, 0.15) is 97.5 Å². The largest absolute Gasteiger partial charge is 0.396 e. The summed E-state index contributed by atoms with van der Waals surface area (Å²) in [7, 11) is 0. The van der Waals surface area contributed by atoms with Gasteiger partial charge in [0.2, 0.25) is 0 Å². The van der Waals surface area contributed by atoms with Crippen LogP contribution in [0.25, 0.3) is 0 Å². The lowest BCUT2D eigenvalue weighted by molar-refractivity contribution is -0.252. The van der Waals surface area contributed by atoms with Gasteiger partial charge in [-0.15, -0.1) is 0 Å². The van der Waals surface area contributed by atoms with Crippen LogP contribution in [0, 0.1) is 56.7 Å². The highest BCUT2D eigenvalue weighted by Gasteiger charge is 2.71. The molecule has 0 spiro atoms. The fraction of sp³-hybridized carbons (Fsp3) is 0.737. The molecule has 0 heterocycles. The first-order valence-electron chi connectivity index (χ1n) is 17.0. The lowest BCUT2D eigenvalue weighted by Crippen LogP contribution is -2.67. The molecule has 5 aliphatic rings. The van der Waals surface area contributed by atoms with E-state index in [1.165, 1.54) is 36.9 Å². The van der Waals surface area contributed by atoms with E-state index in [1.54, 1.807) is 0 Å². The molecule has 5 fully saturated rings. The minimum Gasteiger partial charge on any atom is -0.396 e. The second-order valence-corrected chi connectivity index (χ2v) is 16.3. The van der Waals surface area contributed by atoms with Gasteiger partial charge < -0.3 is 20.6 Å². The van der Waals surface area contributed by atoms with Crippen molar-refractivity contribution in [1.82, 2.24) is 5.32 Å². The molecular formula is C38H57NO3. The third-order valence-corrected chi connectivity index (χ3v) is 15.2. The first-order valence-corrected chi connectivity index (χ1v) is 17.0. The number of fused-ring (bicyclic) bond motifs is 7. The number of aliphatic hydroxyl groups is 3. The molecule has 4 N–H and O–H groups in total. The Balaban J connectivity index is 1.35. The molecule has 0 radical (unpaired) electrons. The van der Waals surface area contributed by atoms with Crippen molar-refractivity contribution in [2.75, 3.05) is 13.2 Å². The van der Waals surface area contributed by atoms with Crippen LogP contribution in [-0.4, -0.2) is 34.6 Å². The molecular weight excluding hydrogens is 518 g/mol. The zero-order chi connectivity index (χ0) is 30.1. The summed E-state index contributed by atoms with van der Waals surface area (Å²) in [4.78, 5) is 0. The van der Waals surface area contributed by atoms with Crippen LogP contribution in [-0.2, 0) is 6.54 Å². The number of allylic oxidation sites excluding steroid dienone is 1. The minimum absolute atomic E-state index is 0.0381. The Morgan fingerprint density at radius 2 is 1.57 bits per heavy atom. The summed E-state index contributed by atoms with van der Waals surface area (Å²) < 4.78 is 0. The maximum Gasteiger partial charge on any atom is 0.0641 e. The Hall–Kier alpha value is -1.62. The van der Waals surface area contributed by atoms with Crippen molar-refractivity contribution in [3.63, 3.8) is 0 Å². The van der Waals surface area contributed by atoms with Gasteiger partial charge in [-0.25, -0.2) is 0 Å². The van der Waals surface area contributed by atoms with Gasteiger partial charge in [0.25, 0.3) is 0 Å². The highest BCUT2D eigenvalue weighted by Crippen LogP contribution is 2.78. The van der Waals surface area contributed by atoms with E-state index < -0.39 is 11.5 Å². The summed E-state index contributed by atoms with van der Waals surface area (Å²) >= 11 is 0. The molecule has 232 valence electrons. The SMILES string of the molecule is C=C(CO)[C@@H]1CC[C@]2(C(=C)NCc3ccccc3)CC[C@]3(C)C(CC[C@@H]4[C@@]5(C)CC[C@H](O)[C@@](C)(CO)[C@@H]5CC[C@]43C)[C@@H]12. The molecule has 0 bridgehead atoms. The smallest absolute Gasteiger partial charge is 0.0641 e. The third kappa shape index (κ3) is 4.03. The van der Waals surface area contributed by atoms with E-state index in [4.69, 9.17) is 6.58 Å². The van der Waals surface area contributed by atoms with Crippen molar-refractivity contribution in [3.8, 4) is 0 Å². The number of nitrogens with one attached hydrogen (secondary N) is 1. The van der Waals surface area contributed by atoms with Crippen LogP contribution in [0.15, 0.2) is 54.8 Å². The monoisotopic (exact) mass is 575 g/mol. The van der Waals surface area contributed by atoms with Crippen molar-refractivity contribution < 1.29 is 15.3 Å². The lowest BCUT2D eigenvalue weighted by atomic mass is 9.32. The Morgan fingerprint density at radius 1 is 0.833 bits per heavy atom. The van der Waals surface area contributed by atoms with E-state index in [0.29, 0.717) is 29.6 Å². The van der Waals surface area contributed by atoms with Gasteiger partial charge in [-0.1, -0.05) is 71.2 Å². The average Bonchev–Trinajstić information content (AvgIpc) is 3.39. The highest BCUT2D eigenvalue weighted by atomic mass is 16.3. The van der Waals surface area contributed by atoms with Crippen LogP contribution in [0.5, 0.6) is 0 Å². The molecule has 5 aliphatic carbocycles. The van der Waals surface area contributed by atoms with E-state index in [1.807, 2.05) is 0 Å². The van der Waals surface area contributed by atoms with Gasteiger partial charge in [0.1, 0.15) is 0 Å². The Labute approximate surface area is 255 Å². The second-order valence-electron chi connectivity index (χ2n) is 16.3. The fourth-order valence-electron chi connectivity index (χ4n) is 12.7. The van der Waals surface area contributed by atoms with Gasteiger partial charge in [-0.2, -0.15) is 0 Å². The molecule has 4 nitrogen and oxygen atoms in total. The number of hydrogen-bond acceptors (Lipinski definition) is 4. The standard InChI is InChI=1S/C38H57NO3/c1-25(23-40)28-14-19-38(26(2)39-22-27-10-8-7-9-11-27)21-20-36(5)29(33(28)38)12-13-31-34(3)17-16-32(42)35(4,24-41)30(34)15-18-37(31,36)6/h7-11,28-33,39-42H,1-2,12-24H2,3-6H3/t28-,29?,30+,31+,32-,33+,34-,35-,36+,37+,38+/m0/s1. The van der Waals surface area contributed by atoms with Crippen molar-refractivity contribution in [2.45, 2.75) is 105 Å². The van der Waals surface area contributed by atoms with Gasteiger partial charge in [0.05, 0.1) is 19.3 Å². The summed E-state index contributed by atoms with van der Waals surface area (Å²) in [6, 6.07) is 10.6. The number of rotatable bonds is 7. The van der Waals surface area contributed by atoms with Crippen LogP contribution in [0.2, 0.25) is 0 Å². The summed E-state index contributed by atoms with van der Waals surface area (Å²) in [5, 5.41) is 35.8. The van der Waals surface area contributed by atoms with Gasteiger partial charge in [0, 0.05) is 23.1 Å². The van der Waals surface area contributed by atoms with Crippen molar-refractivity contribution in [3.05, 3.63) is 60.3 Å². The molecule has 0 aromatic heterocycles. The number of aliphatic hydroxyl groups excluding tert-OH is 3. The Kier molecular flexibility index (Phi) is 7.59. The third-order valence-electron chi connectivity index (χ3n) is 15.2. The van der Waals surface area contributed by atoms with E-state index in [2.05, 4.69) is 69.9 Å². The van der Waals surface area contributed by atoms with E-state index in [-0.39, 0.29) is 34.9 Å². The predicted octanol–water partition coefficient (Wildman–Crippen LogP) is 7.25. The predicted molar refractivity (Wildman–Crippen MR) is 170 cm³/mol. The first kappa shape index (κ1) is 30.4. The Bertz CT molecular complexity index is 1200. The summed E-state index contributed by atoms with van der Waals surface area (Å²) in [6.07, 6.45) is 10.7. The van der Waals surface area contributed by atoms with Crippen molar-refractivity contribution in [1.29, 1.82) is 0 Å². The zero-order valence-corrected chi connectivity index (χ0v) is 26.8. The first-order chi connectivity index (χ1) is 19.9. The van der Waals surface area contributed by atoms with Gasteiger partial charge in [-0.05, 0) is 121 Å². The topological polar surface area (TPSA) is 72.7 Å². The van der Waals surface area contributed by atoms with Gasteiger partial charge in [-0.3, -0.25) is 0 Å². The zero-order valence-electron chi connectivity index (χ0n) is 26.8. The molecule has 5 saturated carbocycles. The quantitative estimate of drug-likeness (QED) is 0.258. The van der Waals surface area contributed by atoms with Crippen LogP contribution >= 0.6 is 0 Å². The van der Waals surface area contributed by atoms with Crippen LogP contribution in [0.3, 0.4) is 0 Å². The average molecular weight is 576 g/mol. The molecule has 4 heteroatoms. The minimum atomic E-state index is -0.412. The van der Waals surface area contributed by atoms with E-state index in [0.717, 1.165) is 50.6 Å². The number of benzene rings is 1. The lowest BCUT2D eigenvalue weighted by Gasteiger charge is -2.73. The van der Waals surface area contributed by atoms with Crippen molar-refractivity contribution in [2.24, 2.45) is 56.7 Å². The van der Waals surface area contributed by atoms with Gasteiger partial charge >= 0.3 is 0 Å². The normalized spacial score (nSPS) is 47.9. The molecule has 6 rings (SSSR count). The van der Waals surface area contributed by atoms with Gasteiger partial charge in [0.15, 0.2) is 0 Å². The molecule has 1 aromatic carbocycles. The summed E-state index contributed by atoms with van der Waals surface area (Å²) in [5.41, 5.74) is 3.67. The van der Waals surface area contributed by atoms with E-state index >= 15 is 0 Å². The summed E-state index contributed by atoms with van der Waals surface area (Å²) in [5.74, 6) is 2.30. The Morgan fingerprint density at radius 3 is 2.26 bits per heavy atom. The molecule has 0 saturated heterocycles. The molecule has 11 atom stereocenters. The fourth-order valence-corrected chi connectivity index (χ4v) is 12.7. The number of hydrogen-bond donors (Lipinski definition) is 4. The molecule has 0 aliphatic heterocycles. The molecule has 0 amide bonds. The van der Waals surface area contributed by atoms with Crippen LogP contribution in [0.4, 0.5) is 0 Å². The molecule has 1 unspecified atom stereocenters. The molecule has 42 heavy (non-hydrogen) atoms. The van der Waals surface area contributed by atoms with Crippen molar-refractivity contribution >= 4 is 0 Å².